The van der Waals surface area contributed by atoms with E-state index in [2.05, 4.69) is 15.3 Å². The molecule has 0 saturated heterocycles. The standard InChI is InChI=1S/C15H13N3OS2/c19-14(13-9-20-10-17-13)16-7-6-12-8-21-15(18-12)11-4-2-1-3-5-11/h1-5,8-10H,6-7H2,(H,16,19). The van der Waals surface area contributed by atoms with Crippen molar-refractivity contribution in [3.63, 3.8) is 0 Å². The lowest BCUT2D eigenvalue weighted by molar-refractivity contribution is 0.0950. The van der Waals surface area contributed by atoms with Crippen LogP contribution in [0.4, 0.5) is 0 Å². The minimum atomic E-state index is -0.130. The monoisotopic (exact) mass is 315 g/mol. The molecule has 6 heteroatoms. The quantitative estimate of drug-likeness (QED) is 0.786. The van der Waals surface area contributed by atoms with Crippen LogP contribution in [0.2, 0.25) is 0 Å². The summed E-state index contributed by atoms with van der Waals surface area (Å²) in [4.78, 5) is 20.3. The van der Waals surface area contributed by atoms with Crippen molar-refractivity contribution >= 4 is 28.6 Å². The molecule has 106 valence electrons. The van der Waals surface area contributed by atoms with E-state index in [1.165, 1.54) is 11.3 Å². The van der Waals surface area contributed by atoms with Crippen LogP contribution in [0.1, 0.15) is 16.2 Å². The number of hydrogen-bond donors (Lipinski definition) is 1. The number of carbonyl (C=O) groups is 1. The Morgan fingerprint density at radius 2 is 2.05 bits per heavy atom. The highest BCUT2D eigenvalue weighted by molar-refractivity contribution is 7.13. The van der Waals surface area contributed by atoms with Gasteiger partial charge in [-0.2, -0.15) is 0 Å². The molecule has 0 fully saturated rings. The maximum atomic E-state index is 11.7. The normalized spacial score (nSPS) is 10.5. The fraction of sp³-hybridized carbons (Fsp3) is 0.133. The summed E-state index contributed by atoms with van der Waals surface area (Å²) in [5.41, 5.74) is 4.25. The number of benzene rings is 1. The minimum Gasteiger partial charge on any atom is -0.350 e. The van der Waals surface area contributed by atoms with Crippen LogP contribution in [-0.4, -0.2) is 22.4 Å². The number of aromatic nitrogens is 2. The Balaban J connectivity index is 1.55. The van der Waals surface area contributed by atoms with Crippen molar-refractivity contribution in [2.45, 2.75) is 6.42 Å². The van der Waals surface area contributed by atoms with Crippen LogP contribution in [-0.2, 0) is 6.42 Å². The van der Waals surface area contributed by atoms with Gasteiger partial charge in [-0.15, -0.1) is 22.7 Å². The van der Waals surface area contributed by atoms with Gasteiger partial charge in [-0.05, 0) is 0 Å². The van der Waals surface area contributed by atoms with E-state index in [4.69, 9.17) is 0 Å². The SMILES string of the molecule is O=C(NCCc1csc(-c2ccccc2)n1)c1cscn1. The maximum Gasteiger partial charge on any atom is 0.270 e. The predicted octanol–water partition coefficient (Wildman–Crippen LogP) is 3.24. The molecule has 0 atom stereocenters. The van der Waals surface area contributed by atoms with E-state index in [1.54, 1.807) is 22.2 Å². The van der Waals surface area contributed by atoms with Gasteiger partial charge >= 0.3 is 0 Å². The zero-order valence-corrected chi connectivity index (χ0v) is 12.8. The van der Waals surface area contributed by atoms with Crippen molar-refractivity contribution in [1.29, 1.82) is 0 Å². The molecule has 2 heterocycles. The molecule has 3 aromatic rings. The van der Waals surface area contributed by atoms with E-state index < -0.39 is 0 Å². The molecule has 3 rings (SSSR count). The summed E-state index contributed by atoms with van der Waals surface area (Å²) >= 11 is 3.04. The molecule has 21 heavy (non-hydrogen) atoms. The van der Waals surface area contributed by atoms with E-state index in [1.807, 2.05) is 35.7 Å². The Labute approximate surface area is 130 Å². The van der Waals surface area contributed by atoms with E-state index in [-0.39, 0.29) is 5.91 Å². The summed E-state index contributed by atoms with van der Waals surface area (Å²) in [6, 6.07) is 10.1. The highest BCUT2D eigenvalue weighted by Crippen LogP contribution is 2.23. The van der Waals surface area contributed by atoms with Gasteiger partial charge in [0.1, 0.15) is 10.7 Å². The summed E-state index contributed by atoms with van der Waals surface area (Å²) in [7, 11) is 0. The van der Waals surface area contributed by atoms with Gasteiger partial charge in [-0.3, -0.25) is 4.79 Å². The third-order valence-corrected chi connectivity index (χ3v) is 4.43. The predicted molar refractivity (Wildman–Crippen MR) is 85.7 cm³/mol. The van der Waals surface area contributed by atoms with Crippen molar-refractivity contribution in [3.8, 4) is 10.6 Å². The zero-order chi connectivity index (χ0) is 14.5. The van der Waals surface area contributed by atoms with Crippen LogP contribution < -0.4 is 5.32 Å². The first-order valence-corrected chi connectivity index (χ1v) is 8.31. The lowest BCUT2D eigenvalue weighted by atomic mass is 10.2. The van der Waals surface area contributed by atoms with Gasteiger partial charge in [-0.1, -0.05) is 30.3 Å². The van der Waals surface area contributed by atoms with Crippen molar-refractivity contribution < 1.29 is 4.79 Å². The molecule has 2 aromatic heterocycles. The fourth-order valence-corrected chi connectivity index (χ4v) is 3.25. The molecular formula is C15H13N3OS2. The van der Waals surface area contributed by atoms with Gasteiger partial charge in [0.05, 0.1) is 11.2 Å². The van der Waals surface area contributed by atoms with Crippen LogP contribution in [0.25, 0.3) is 10.6 Å². The van der Waals surface area contributed by atoms with E-state index in [0.29, 0.717) is 12.2 Å². The van der Waals surface area contributed by atoms with Gasteiger partial charge in [0.2, 0.25) is 0 Å². The smallest absolute Gasteiger partial charge is 0.270 e. The summed E-state index contributed by atoms with van der Waals surface area (Å²) < 4.78 is 0. The van der Waals surface area contributed by atoms with Crippen molar-refractivity contribution in [2.24, 2.45) is 0 Å². The van der Waals surface area contributed by atoms with E-state index in [0.717, 1.165) is 22.7 Å². The largest absolute Gasteiger partial charge is 0.350 e. The summed E-state index contributed by atoms with van der Waals surface area (Å²) in [6.45, 7) is 0.564. The molecule has 0 aliphatic heterocycles. The molecule has 1 amide bonds. The van der Waals surface area contributed by atoms with Crippen molar-refractivity contribution in [2.75, 3.05) is 6.54 Å². The number of hydrogen-bond acceptors (Lipinski definition) is 5. The molecule has 0 spiro atoms. The first-order valence-electron chi connectivity index (χ1n) is 6.49. The number of nitrogens with zero attached hydrogens (tertiary/aromatic N) is 2. The average Bonchev–Trinajstić information content (AvgIpc) is 3.20. The molecule has 0 unspecified atom stereocenters. The van der Waals surface area contributed by atoms with Crippen LogP contribution in [0, 0.1) is 0 Å². The summed E-state index contributed by atoms with van der Waals surface area (Å²) in [5.74, 6) is -0.130. The van der Waals surface area contributed by atoms with E-state index in [9.17, 15) is 4.79 Å². The summed E-state index contributed by atoms with van der Waals surface area (Å²) in [6.07, 6.45) is 0.721. The lowest BCUT2D eigenvalue weighted by Crippen LogP contribution is -2.25. The molecule has 4 nitrogen and oxygen atoms in total. The molecule has 1 N–H and O–H groups in total. The second kappa shape index (κ2) is 6.60. The highest BCUT2D eigenvalue weighted by Gasteiger charge is 2.08. The Kier molecular flexibility index (Phi) is 4.37. The fourth-order valence-electron chi connectivity index (χ4n) is 1.85. The third kappa shape index (κ3) is 3.53. The molecular weight excluding hydrogens is 302 g/mol. The summed E-state index contributed by atoms with van der Waals surface area (Å²) in [5, 5.41) is 7.64. The zero-order valence-electron chi connectivity index (χ0n) is 11.2. The first-order chi connectivity index (χ1) is 10.3. The molecule has 1 aromatic carbocycles. The number of amides is 1. The number of carbonyl (C=O) groups excluding carboxylic acids is 1. The van der Waals surface area contributed by atoms with Crippen LogP contribution in [0.15, 0.2) is 46.6 Å². The molecule has 0 bridgehead atoms. The van der Waals surface area contributed by atoms with Gasteiger partial charge in [0.15, 0.2) is 0 Å². The first kappa shape index (κ1) is 13.9. The Bertz CT molecular complexity index is 708. The van der Waals surface area contributed by atoms with Gasteiger partial charge in [-0.25, -0.2) is 9.97 Å². The van der Waals surface area contributed by atoms with Crippen molar-refractivity contribution in [1.82, 2.24) is 15.3 Å². The molecule has 0 saturated carbocycles. The molecule has 0 radical (unpaired) electrons. The van der Waals surface area contributed by atoms with Gasteiger partial charge in [0, 0.05) is 29.3 Å². The second-order valence-corrected chi connectivity index (χ2v) is 5.97. The van der Waals surface area contributed by atoms with Crippen LogP contribution >= 0.6 is 22.7 Å². The third-order valence-electron chi connectivity index (χ3n) is 2.90. The molecule has 0 aliphatic carbocycles. The number of rotatable bonds is 5. The van der Waals surface area contributed by atoms with Gasteiger partial charge in [0.25, 0.3) is 5.91 Å². The topological polar surface area (TPSA) is 54.9 Å². The second-order valence-electron chi connectivity index (χ2n) is 4.39. The Morgan fingerprint density at radius 3 is 2.81 bits per heavy atom. The van der Waals surface area contributed by atoms with Crippen LogP contribution in [0.3, 0.4) is 0 Å². The highest BCUT2D eigenvalue weighted by atomic mass is 32.1. The Morgan fingerprint density at radius 1 is 1.19 bits per heavy atom. The lowest BCUT2D eigenvalue weighted by Gasteiger charge is -2.01. The molecule has 0 aliphatic rings. The van der Waals surface area contributed by atoms with Crippen LogP contribution in [0.5, 0.6) is 0 Å². The van der Waals surface area contributed by atoms with Gasteiger partial charge < -0.3 is 5.32 Å². The number of thiazole rings is 2. The van der Waals surface area contributed by atoms with E-state index >= 15 is 0 Å². The minimum absolute atomic E-state index is 0.130. The average molecular weight is 315 g/mol. The Hall–Kier alpha value is -2.05. The maximum absolute atomic E-state index is 11.7. The van der Waals surface area contributed by atoms with Crippen molar-refractivity contribution in [3.05, 3.63) is 58.0 Å². The number of nitrogens with one attached hydrogen (secondary N) is 1.